The van der Waals surface area contributed by atoms with Gasteiger partial charge in [0.25, 0.3) is 0 Å². The number of fused-ring (bicyclic) bond motifs is 1. The average molecular weight is 537 g/mol. The van der Waals surface area contributed by atoms with Crippen molar-refractivity contribution in [3.8, 4) is 11.5 Å². The Bertz CT molecular complexity index is 1060. The Kier molecular flexibility index (Phi) is 13.1. The lowest BCUT2D eigenvalue weighted by Crippen LogP contribution is -2.14. The summed E-state index contributed by atoms with van der Waals surface area (Å²) in [5.74, 6) is 1.06. The third-order valence-corrected chi connectivity index (χ3v) is 7.17. The van der Waals surface area contributed by atoms with Crippen LogP contribution in [0.3, 0.4) is 0 Å². The molecule has 0 aliphatic carbocycles. The lowest BCUT2D eigenvalue weighted by Gasteiger charge is -2.17. The number of ether oxygens (including phenoxy) is 4. The van der Waals surface area contributed by atoms with Gasteiger partial charge in [0, 0.05) is 18.1 Å². The van der Waals surface area contributed by atoms with Crippen LogP contribution in [-0.4, -0.2) is 32.1 Å². The van der Waals surface area contributed by atoms with E-state index in [4.69, 9.17) is 18.9 Å². The number of esters is 1. The SMILES string of the molecule is COc1cc(OC)c2c(c1)C(CC/C=C/CCCCCCCC(CCC(C)=O)OCc1ccccc1)OC2=O. The molecule has 1 aliphatic heterocycles. The molecule has 0 spiro atoms. The first-order chi connectivity index (χ1) is 19.0. The van der Waals surface area contributed by atoms with Crippen LogP contribution in [0.4, 0.5) is 0 Å². The van der Waals surface area contributed by atoms with Crippen molar-refractivity contribution in [2.45, 2.75) is 96.4 Å². The number of carbonyl (C=O) groups is 2. The van der Waals surface area contributed by atoms with Crippen molar-refractivity contribution < 1.29 is 28.5 Å². The number of rotatable bonds is 19. The minimum atomic E-state index is -0.327. The van der Waals surface area contributed by atoms with Gasteiger partial charge in [0.1, 0.15) is 28.9 Å². The smallest absolute Gasteiger partial charge is 0.342 e. The fourth-order valence-corrected chi connectivity index (χ4v) is 4.94. The normalized spacial score (nSPS) is 15.3. The number of unbranched alkanes of at least 4 members (excludes halogenated alkanes) is 5. The summed E-state index contributed by atoms with van der Waals surface area (Å²) in [5.41, 5.74) is 2.53. The van der Waals surface area contributed by atoms with E-state index in [-0.39, 0.29) is 24.0 Å². The van der Waals surface area contributed by atoms with Crippen molar-refractivity contribution >= 4 is 11.8 Å². The Labute approximate surface area is 233 Å². The van der Waals surface area contributed by atoms with E-state index in [0.717, 1.165) is 44.1 Å². The Balaban J connectivity index is 1.28. The van der Waals surface area contributed by atoms with Crippen molar-refractivity contribution in [1.82, 2.24) is 0 Å². The van der Waals surface area contributed by atoms with Gasteiger partial charge in [0.15, 0.2) is 0 Å². The minimum Gasteiger partial charge on any atom is -0.497 e. The summed E-state index contributed by atoms with van der Waals surface area (Å²) in [4.78, 5) is 23.8. The maximum Gasteiger partial charge on any atom is 0.342 e. The standard InChI is InChI=1S/C33H44O6/c1-25(34)20-21-27(38-24-26-16-12-11-13-17-26)18-14-9-7-5-4-6-8-10-15-19-30-29-22-28(36-2)23-31(37-3)32(29)33(35)39-30/h8,10-13,16-17,22-23,27,30H,4-7,9,14-15,18-21,24H2,1-3H3/b10-8+. The first-order valence-corrected chi connectivity index (χ1v) is 14.3. The molecule has 2 unspecified atom stereocenters. The number of benzene rings is 2. The van der Waals surface area contributed by atoms with Crippen LogP contribution in [0, 0.1) is 0 Å². The second kappa shape index (κ2) is 16.8. The summed E-state index contributed by atoms with van der Waals surface area (Å²) in [6.45, 7) is 2.26. The highest BCUT2D eigenvalue weighted by atomic mass is 16.6. The van der Waals surface area contributed by atoms with Crippen LogP contribution in [0.2, 0.25) is 0 Å². The van der Waals surface area contributed by atoms with Crippen molar-refractivity contribution in [2.24, 2.45) is 0 Å². The zero-order chi connectivity index (χ0) is 27.9. The summed E-state index contributed by atoms with van der Waals surface area (Å²) < 4.78 is 22.5. The number of allylic oxidation sites excluding steroid dienone is 2. The number of carbonyl (C=O) groups excluding carboxylic acids is 2. The Morgan fingerprint density at radius 2 is 1.69 bits per heavy atom. The highest BCUT2D eigenvalue weighted by Gasteiger charge is 2.34. The van der Waals surface area contributed by atoms with Crippen LogP contribution in [0.15, 0.2) is 54.6 Å². The zero-order valence-electron chi connectivity index (χ0n) is 23.8. The second-order valence-corrected chi connectivity index (χ2v) is 10.2. The molecule has 1 aliphatic rings. The van der Waals surface area contributed by atoms with E-state index < -0.39 is 0 Å². The lowest BCUT2D eigenvalue weighted by atomic mass is 10.00. The molecule has 0 saturated carbocycles. The Hall–Kier alpha value is -3.12. The van der Waals surface area contributed by atoms with Crippen molar-refractivity contribution in [3.63, 3.8) is 0 Å². The van der Waals surface area contributed by atoms with Crippen molar-refractivity contribution in [2.75, 3.05) is 14.2 Å². The van der Waals surface area contributed by atoms with Gasteiger partial charge in [-0.25, -0.2) is 4.79 Å². The predicted molar refractivity (Wildman–Crippen MR) is 153 cm³/mol. The monoisotopic (exact) mass is 536 g/mol. The van der Waals surface area contributed by atoms with Crippen LogP contribution in [0.25, 0.3) is 0 Å². The molecular formula is C33H44O6. The number of hydrogen-bond donors (Lipinski definition) is 0. The molecule has 2 aromatic carbocycles. The Morgan fingerprint density at radius 1 is 0.949 bits per heavy atom. The Morgan fingerprint density at radius 3 is 2.44 bits per heavy atom. The van der Waals surface area contributed by atoms with Gasteiger partial charge in [-0.15, -0.1) is 0 Å². The number of methoxy groups -OCH3 is 2. The molecular weight excluding hydrogens is 492 g/mol. The third-order valence-electron chi connectivity index (χ3n) is 7.17. The molecule has 0 saturated heterocycles. The fourth-order valence-electron chi connectivity index (χ4n) is 4.94. The van der Waals surface area contributed by atoms with Gasteiger partial charge in [0.2, 0.25) is 0 Å². The van der Waals surface area contributed by atoms with Gasteiger partial charge >= 0.3 is 5.97 Å². The van der Waals surface area contributed by atoms with Gasteiger partial charge in [-0.3, -0.25) is 0 Å². The predicted octanol–water partition coefficient (Wildman–Crippen LogP) is 7.94. The number of ketones is 1. The number of cyclic esters (lactones) is 1. The third kappa shape index (κ3) is 10.2. The zero-order valence-corrected chi connectivity index (χ0v) is 23.8. The van der Waals surface area contributed by atoms with Crippen molar-refractivity contribution in [1.29, 1.82) is 0 Å². The largest absolute Gasteiger partial charge is 0.497 e. The molecule has 0 aromatic heterocycles. The summed E-state index contributed by atoms with van der Waals surface area (Å²) >= 11 is 0. The quantitative estimate of drug-likeness (QED) is 0.103. The van der Waals surface area contributed by atoms with Gasteiger partial charge in [-0.1, -0.05) is 68.2 Å². The maximum atomic E-state index is 12.3. The van der Waals surface area contributed by atoms with E-state index >= 15 is 0 Å². The molecule has 3 rings (SSSR count). The van der Waals surface area contributed by atoms with E-state index in [1.54, 1.807) is 27.2 Å². The van der Waals surface area contributed by atoms with Crippen LogP contribution >= 0.6 is 0 Å². The van der Waals surface area contributed by atoms with Gasteiger partial charge < -0.3 is 23.7 Å². The first-order valence-electron chi connectivity index (χ1n) is 14.3. The van der Waals surface area contributed by atoms with Gasteiger partial charge in [0.05, 0.1) is 26.9 Å². The van der Waals surface area contributed by atoms with Crippen LogP contribution < -0.4 is 9.47 Å². The molecule has 1 heterocycles. The minimum absolute atomic E-state index is 0.144. The van der Waals surface area contributed by atoms with E-state index in [1.807, 2.05) is 24.3 Å². The first kappa shape index (κ1) is 30.4. The lowest BCUT2D eigenvalue weighted by molar-refractivity contribution is -0.117. The molecule has 39 heavy (non-hydrogen) atoms. The topological polar surface area (TPSA) is 71.1 Å². The van der Waals surface area contributed by atoms with Crippen LogP contribution in [0.1, 0.15) is 105 Å². The number of Topliss-reactive ketones (excluding diaryl/α,β-unsaturated/α-hetero) is 1. The van der Waals surface area contributed by atoms with Crippen LogP contribution in [-0.2, 0) is 20.9 Å². The molecule has 2 aromatic rings. The fraction of sp³-hybridized carbons (Fsp3) is 0.515. The maximum absolute atomic E-state index is 12.3. The average Bonchev–Trinajstić information content (AvgIpc) is 3.27. The molecule has 212 valence electrons. The molecule has 6 nitrogen and oxygen atoms in total. The molecule has 2 atom stereocenters. The van der Waals surface area contributed by atoms with Crippen molar-refractivity contribution in [3.05, 3.63) is 71.3 Å². The van der Waals surface area contributed by atoms with Gasteiger partial charge in [-0.05, 0) is 57.1 Å². The molecule has 0 radical (unpaired) electrons. The second-order valence-electron chi connectivity index (χ2n) is 10.2. The van der Waals surface area contributed by atoms with E-state index in [0.29, 0.717) is 30.1 Å². The van der Waals surface area contributed by atoms with E-state index in [2.05, 4.69) is 24.3 Å². The summed E-state index contributed by atoms with van der Waals surface area (Å²) in [7, 11) is 3.15. The highest BCUT2D eigenvalue weighted by Crippen LogP contribution is 2.41. The van der Waals surface area contributed by atoms with E-state index in [9.17, 15) is 9.59 Å². The van der Waals surface area contributed by atoms with E-state index in [1.165, 1.54) is 31.2 Å². The summed E-state index contributed by atoms with van der Waals surface area (Å²) in [6.07, 6.45) is 15.3. The molecule has 0 amide bonds. The molecule has 0 bridgehead atoms. The highest BCUT2D eigenvalue weighted by molar-refractivity contribution is 5.97. The number of hydrogen-bond acceptors (Lipinski definition) is 6. The summed E-state index contributed by atoms with van der Waals surface area (Å²) in [5, 5.41) is 0. The molecule has 6 heteroatoms. The van der Waals surface area contributed by atoms with Gasteiger partial charge in [-0.2, -0.15) is 0 Å². The molecule has 0 fully saturated rings. The molecule has 0 N–H and O–H groups in total. The van der Waals surface area contributed by atoms with Crippen LogP contribution in [0.5, 0.6) is 11.5 Å². The summed E-state index contributed by atoms with van der Waals surface area (Å²) in [6, 6.07) is 13.8.